The zero-order chi connectivity index (χ0) is 44.6. The van der Waals surface area contributed by atoms with Gasteiger partial charge in [-0.3, -0.25) is 0 Å². The average molecular weight is 822 g/mol. The number of hydrogen-bond donors (Lipinski definition) is 0. The first kappa shape index (κ1) is 44.0. The van der Waals surface area contributed by atoms with E-state index in [2.05, 4.69) is 223 Å². The van der Waals surface area contributed by atoms with E-state index in [0.717, 1.165) is 6.42 Å². The number of hydrogen-bond acceptors (Lipinski definition) is 1. The predicted octanol–water partition coefficient (Wildman–Crippen LogP) is 17.4. The van der Waals surface area contributed by atoms with Crippen molar-refractivity contribution in [2.45, 2.75) is 168 Å². The van der Waals surface area contributed by atoms with E-state index in [1.165, 1.54) is 110 Å². The molecule has 1 nitrogen and oxygen atoms in total. The molecule has 1 saturated carbocycles. The Morgan fingerprint density at radius 2 is 1.13 bits per heavy atom. The number of nitrogens with zero attached hydrogens (tertiary/aromatic N) is 1. The molecule has 0 amide bonds. The van der Waals surface area contributed by atoms with E-state index in [9.17, 15) is 0 Å². The standard InChI is InChI=1S/C61H75N/c1-56(2,3)45-24-20-23-43(33-45)44-34-51(40-61(39-44,59(10,11)12)48-36-46(57(4,5)6)35-47(37-48)58(7,8)9)62(49-29-27-42(28-30-49)41-21-16-15-17-22-41)50-31-32-53-52-25-18-19-26-54(52)60(13,14)55(53)38-50/h18-20,23-38,40-41H,15-17,21-22,39H2,1-14H3. The van der Waals surface area contributed by atoms with Crippen molar-refractivity contribution < 1.29 is 0 Å². The van der Waals surface area contributed by atoms with Gasteiger partial charge < -0.3 is 4.90 Å². The Morgan fingerprint density at radius 1 is 0.532 bits per heavy atom. The third-order valence-electron chi connectivity index (χ3n) is 15.1. The van der Waals surface area contributed by atoms with Crippen LogP contribution in [-0.2, 0) is 27.1 Å². The fourth-order valence-corrected chi connectivity index (χ4v) is 10.8. The molecular formula is C61H75N. The lowest BCUT2D eigenvalue weighted by molar-refractivity contribution is 0.238. The first-order valence-electron chi connectivity index (χ1n) is 23.8. The molecule has 62 heavy (non-hydrogen) atoms. The zero-order valence-electron chi connectivity index (χ0n) is 40.8. The van der Waals surface area contributed by atoms with E-state index < -0.39 is 0 Å². The molecule has 1 unspecified atom stereocenters. The Labute approximate surface area is 376 Å². The number of allylic oxidation sites excluding steroid dienone is 3. The molecule has 0 spiro atoms. The van der Waals surface area contributed by atoms with Gasteiger partial charge in [0.15, 0.2) is 0 Å². The number of anilines is 2. The third-order valence-corrected chi connectivity index (χ3v) is 15.1. The van der Waals surface area contributed by atoms with E-state index in [1.54, 1.807) is 0 Å². The zero-order valence-corrected chi connectivity index (χ0v) is 40.8. The van der Waals surface area contributed by atoms with Crippen LogP contribution in [0.1, 0.15) is 186 Å². The first-order valence-corrected chi connectivity index (χ1v) is 23.8. The first-order chi connectivity index (χ1) is 29.0. The van der Waals surface area contributed by atoms with Gasteiger partial charge in [-0.1, -0.05) is 201 Å². The largest absolute Gasteiger partial charge is 0.311 e. The van der Waals surface area contributed by atoms with Gasteiger partial charge in [0.25, 0.3) is 0 Å². The van der Waals surface area contributed by atoms with Crippen LogP contribution in [0.25, 0.3) is 16.7 Å². The molecule has 8 rings (SSSR count). The van der Waals surface area contributed by atoms with Gasteiger partial charge in [0, 0.05) is 27.9 Å². The number of rotatable bonds is 6. The van der Waals surface area contributed by atoms with Crippen LogP contribution in [0.3, 0.4) is 0 Å². The van der Waals surface area contributed by atoms with E-state index >= 15 is 0 Å². The second-order valence-electron chi connectivity index (χ2n) is 23.9. The van der Waals surface area contributed by atoms with Crippen LogP contribution >= 0.6 is 0 Å². The molecular weight excluding hydrogens is 747 g/mol. The summed E-state index contributed by atoms with van der Waals surface area (Å²) in [6, 6.07) is 43.2. The summed E-state index contributed by atoms with van der Waals surface area (Å²) in [7, 11) is 0. The van der Waals surface area contributed by atoms with Crippen LogP contribution in [0.5, 0.6) is 0 Å². The molecule has 1 fully saturated rings. The molecule has 0 saturated heterocycles. The van der Waals surface area contributed by atoms with Crippen molar-refractivity contribution in [3.63, 3.8) is 0 Å². The summed E-state index contributed by atoms with van der Waals surface area (Å²) < 4.78 is 0. The fraction of sp³-hybridized carbons (Fsp3) is 0.443. The minimum Gasteiger partial charge on any atom is -0.311 e. The van der Waals surface area contributed by atoms with Crippen molar-refractivity contribution in [1.82, 2.24) is 0 Å². The van der Waals surface area contributed by atoms with Crippen LogP contribution in [0.4, 0.5) is 11.4 Å². The second kappa shape index (κ2) is 15.6. The molecule has 1 atom stereocenters. The molecule has 3 aliphatic rings. The third kappa shape index (κ3) is 8.08. The normalized spacial score (nSPS) is 19.4. The van der Waals surface area contributed by atoms with Crippen molar-refractivity contribution in [3.8, 4) is 11.1 Å². The summed E-state index contributed by atoms with van der Waals surface area (Å²) in [5.74, 6) is 0.654. The number of fused-ring (bicyclic) bond motifs is 3. The van der Waals surface area contributed by atoms with Gasteiger partial charge >= 0.3 is 0 Å². The summed E-state index contributed by atoms with van der Waals surface area (Å²) in [5.41, 5.74) is 18.4. The number of benzene rings is 5. The highest BCUT2D eigenvalue weighted by atomic mass is 15.1. The summed E-state index contributed by atoms with van der Waals surface area (Å²) in [4.78, 5) is 2.61. The molecule has 1 heteroatoms. The summed E-state index contributed by atoms with van der Waals surface area (Å²) in [6.07, 6.45) is 12.8. The minimum atomic E-state index is -0.335. The minimum absolute atomic E-state index is 0.00306. The van der Waals surface area contributed by atoms with E-state index in [1.807, 2.05) is 0 Å². The van der Waals surface area contributed by atoms with Gasteiger partial charge in [-0.05, 0) is 144 Å². The highest BCUT2D eigenvalue weighted by Gasteiger charge is 2.46. The fourth-order valence-electron chi connectivity index (χ4n) is 10.8. The molecule has 5 aromatic carbocycles. The van der Waals surface area contributed by atoms with Crippen LogP contribution in [0.15, 0.2) is 127 Å². The molecule has 0 heterocycles. The molecule has 5 aromatic rings. The lowest BCUT2D eigenvalue weighted by Crippen LogP contribution is -2.42. The maximum Gasteiger partial charge on any atom is 0.0464 e. The summed E-state index contributed by atoms with van der Waals surface area (Å²) >= 11 is 0. The molecule has 0 aromatic heterocycles. The molecule has 324 valence electrons. The van der Waals surface area contributed by atoms with Gasteiger partial charge in [0.05, 0.1) is 0 Å². The van der Waals surface area contributed by atoms with E-state index in [0.29, 0.717) is 5.92 Å². The lowest BCUT2D eigenvalue weighted by atomic mass is 9.56. The maximum absolute atomic E-state index is 2.69. The van der Waals surface area contributed by atoms with Gasteiger partial charge in [0.2, 0.25) is 0 Å². The van der Waals surface area contributed by atoms with Gasteiger partial charge in [-0.15, -0.1) is 0 Å². The van der Waals surface area contributed by atoms with Gasteiger partial charge in [0.1, 0.15) is 0 Å². The molecule has 0 bridgehead atoms. The van der Waals surface area contributed by atoms with Crippen LogP contribution in [0.2, 0.25) is 0 Å². The van der Waals surface area contributed by atoms with Crippen molar-refractivity contribution in [2.75, 3.05) is 4.90 Å². The Bertz CT molecular complexity index is 2490. The van der Waals surface area contributed by atoms with Crippen LogP contribution in [-0.4, -0.2) is 0 Å². The Morgan fingerprint density at radius 3 is 1.74 bits per heavy atom. The van der Waals surface area contributed by atoms with E-state index in [4.69, 9.17) is 0 Å². The molecule has 0 aliphatic heterocycles. The van der Waals surface area contributed by atoms with Crippen molar-refractivity contribution >= 4 is 16.9 Å². The Hall–Kier alpha value is -4.62. The Kier molecular flexibility index (Phi) is 11.1. The average Bonchev–Trinajstić information content (AvgIpc) is 3.45. The summed E-state index contributed by atoms with van der Waals surface area (Å²) in [5, 5.41) is 0. The van der Waals surface area contributed by atoms with Crippen LogP contribution in [0, 0.1) is 5.41 Å². The monoisotopic (exact) mass is 822 g/mol. The van der Waals surface area contributed by atoms with Crippen molar-refractivity contribution in [1.29, 1.82) is 0 Å². The predicted molar refractivity (Wildman–Crippen MR) is 269 cm³/mol. The van der Waals surface area contributed by atoms with Gasteiger partial charge in [-0.25, -0.2) is 0 Å². The van der Waals surface area contributed by atoms with Crippen LogP contribution < -0.4 is 4.90 Å². The lowest BCUT2D eigenvalue weighted by Gasteiger charge is -2.48. The highest BCUT2D eigenvalue weighted by molar-refractivity contribution is 5.85. The smallest absolute Gasteiger partial charge is 0.0464 e. The second-order valence-corrected chi connectivity index (χ2v) is 23.9. The van der Waals surface area contributed by atoms with Gasteiger partial charge in [-0.2, -0.15) is 0 Å². The highest BCUT2D eigenvalue weighted by Crippen LogP contribution is 2.55. The molecule has 0 N–H and O–H groups in total. The topological polar surface area (TPSA) is 3.24 Å². The van der Waals surface area contributed by atoms with E-state index in [-0.39, 0.29) is 32.5 Å². The van der Waals surface area contributed by atoms with Crippen molar-refractivity contribution in [3.05, 3.63) is 172 Å². The summed E-state index contributed by atoms with van der Waals surface area (Å²) in [6.45, 7) is 33.5. The molecule has 0 radical (unpaired) electrons. The van der Waals surface area contributed by atoms with Crippen molar-refractivity contribution in [2.24, 2.45) is 5.41 Å². The SMILES string of the molecule is CC(C)(C)c1cccc(C2=CC(N(c3ccc(C4CCCCC4)cc3)c3ccc4c(c3)C(C)(C)c3ccccc3-4)=CC(c3cc(C(C)(C)C)cc(C(C)(C)C)c3)(C(C)(C)C)C2)c1. The quantitative estimate of drug-likeness (QED) is 0.165. The Balaban J connectivity index is 1.42. The molecule has 3 aliphatic carbocycles. The maximum atomic E-state index is 2.69.